The molecule has 0 saturated carbocycles. The number of likely N-dealkylation sites (tertiary alicyclic amines) is 1. The highest BCUT2D eigenvalue weighted by Crippen LogP contribution is 2.21. The van der Waals surface area contributed by atoms with E-state index in [9.17, 15) is 4.79 Å². The summed E-state index contributed by atoms with van der Waals surface area (Å²) in [6, 6.07) is 1.57. The molecule has 2 aliphatic rings. The minimum atomic E-state index is 0.000422. The molecule has 4 nitrogen and oxygen atoms in total. The molecule has 0 aromatic rings. The van der Waals surface area contributed by atoms with Crippen molar-refractivity contribution >= 4 is 5.91 Å². The number of nitrogens with zero attached hydrogens (tertiary/aromatic N) is 1. The lowest BCUT2D eigenvalue weighted by molar-refractivity contribution is -0.126. The third-order valence-corrected chi connectivity index (χ3v) is 4.59. The molecule has 0 spiro atoms. The zero-order chi connectivity index (χ0) is 13.8. The average molecular weight is 267 g/mol. The summed E-state index contributed by atoms with van der Waals surface area (Å²) in [6.07, 6.45) is 5.94. The van der Waals surface area contributed by atoms with Crippen molar-refractivity contribution in [3.8, 4) is 0 Å². The molecule has 2 bridgehead atoms. The van der Waals surface area contributed by atoms with E-state index in [0.29, 0.717) is 18.1 Å². The van der Waals surface area contributed by atoms with E-state index in [4.69, 9.17) is 0 Å². The molecule has 2 aliphatic heterocycles. The van der Waals surface area contributed by atoms with Crippen LogP contribution >= 0.6 is 0 Å². The first-order valence-electron chi connectivity index (χ1n) is 7.90. The van der Waals surface area contributed by atoms with Crippen LogP contribution in [-0.2, 0) is 4.79 Å². The topological polar surface area (TPSA) is 44.4 Å². The fraction of sp³-hybridized carbons (Fsp3) is 0.933. The Hall–Kier alpha value is -0.610. The molecule has 0 aliphatic carbocycles. The molecular formula is C15H29N3O. The lowest BCUT2D eigenvalue weighted by Gasteiger charge is -2.30. The predicted molar refractivity (Wildman–Crippen MR) is 78.1 cm³/mol. The molecule has 110 valence electrons. The summed E-state index contributed by atoms with van der Waals surface area (Å²) in [5.74, 6) is 0.193. The summed E-state index contributed by atoms with van der Waals surface area (Å²) >= 11 is 0. The van der Waals surface area contributed by atoms with Gasteiger partial charge in [0.05, 0.1) is 6.04 Å². The molecule has 4 heteroatoms. The summed E-state index contributed by atoms with van der Waals surface area (Å²) in [7, 11) is 0. The van der Waals surface area contributed by atoms with E-state index in [2.05, 4.69) is 29.4 Å². The highest BCUT2D eigenvalue weighted by atomic mass is 16.2. The fourth-order valence-electron chi connectivity index (χ4n) is 3.36. The van der Waals surface area contributed by atoms with E-state index >= 15 is 0 Å². The molecule has 0 aromatic carbocycles. The van der Waals surface area contributed by atoms with Crippen molar-refractivity contribution < 1.29 is 4.79 Å². The standard InChI is InChI=1S/C15H29N3O/c1-4-5-11(2)16-15(19)12(3)18-9-8-13-6-7-14(10-18)17-13/h11-14,17H,4-10H2,1-3H3,(H,16,19). The maximum absolute atomic E-state index is 12.3. The van der Waals surface area contributed by atoms with E-state index < -0.39 is 0 Å². The maximum atomic E-state index is 12.3. The van der Waals surface area contributed by atoms with Crippen LogP contribution in [-0.4, -0.2) is 48.1 Å². The minimum absolute atomic E-state index is 0.000422. The van der Waals surface area contributed by atoms with Gasteiger partial charge >= 0.3 is 0 Å². The van der Waals surface area contributed by atoms with Crippen LogP contribution in [0.1, 0.15) is 52.9 Å². The Labute approximate surface area is 117 Å². The lowest BCUT2D eigenvalue weighted by atomic mass is 10.1. The van der Waals surface area contributed by atoms with Crippen molar-refractivity contribution in [3.63, 3.8) is 0 Å². The Morgan fingerprint density at radius 2 is 2.05 bits per heavy atom. The number of fused-ring (bicyclic) bond motifs is 2. The normalized spacial score (nSPS) is 30.7. The number of rotatable bonds is 5. The van der Waals surface area contributed by atoms with Crippen LogP contribution in [0, 0.1) is 0 Å². The zero-order valence-electron chi connectivity index (χ0n) is 12.6. The number of nitrogens with one attached hydrogen (secondary N) is 2. The molecule has 19 heavy (non-hydrogen) atoms. The van der Waals surface area contributed by atoms with Gasteiger partial charge in [-0.1, -0.05) is 13.3 Å². The first-order chi connectivity index (χ1) is 9.10. The third-order valence-electron chi connectivity index (χ3n) is 4.59. The van der Waals surface area contributed by atoms with Gasteiger partial charge in [-0.3, -0.25) is 9.69 Å². The van der Waals surface area contributed by atoms with Gasteiger partial charge in [-0.25, -0.2) is 0 Å². The average Bonchev–Trinajstić information content (AvgIpc) is 2.68. The Morgan fingerprint density at radius 3 is 2.79 bits per heavy atom. The Bertz CT molecular complexity index is 308. The smallest absolute Gasteiger partial charge is 0.237 e. The summed E-state index contributed by atoms with van der Waals surface area (Å²) in [5.41, 5.74) is 0. The Kier molecular flexibility index (Phi) is 5.22. The van der Waals surface area contributed by atoms with Crippen molar-refractivity contribution in [2.75, 3.05) is 13.1 Å². The highest BCUT2D eigenvalue weighted by Gasteiger charge is 2.32. The van der Waals surface area contributed by atoms with Crippen LogP contribution in [0.25, 0.3) is 0 Å². The monoisotopic (exact) mass is 267 g/mol. The van der Waals surface area contributed by atoms with Crippen molar-refractivity contribution in [1.29, 1.82) is 0 Å². The quantitative estimate of drug-likeness (QED) is 0.793. The molecule has 2 rings (SSSR count). The highest BCUT2D eigenvalue weighted by molar-refractivity contribution is 5.81. The first kappa shape index (κ1) is 14.8. The third kappa shape index (κ3) is 3.93. The van der Waals surface area contributed by atoms with E-state index in [0.717, 1.165) is 25.9 Å². The molecule has 2 fully saturated rings. The number of hydrogen-bond acceptors (Lipinski definition) is 3. The van der Waals surface area contributed by atoms with Crippen LogP contribution in [0.5, 0.6) is 0 Å². The molecule has 0 radical (unpaired) electrons. The predicted octanol–water partition coefficient (Wildman–Crippen LogP) is 1.51. The number of carbonyl (C=O) groups is 1. The zero-order valence-corrected chi connectivity index (χ0v) is 12.6. The largest absolute Gasteiger partial charge is 0.352 e. The molecule has 1 amide bonds. The van der Waals surface area contributed by atoms with Crippen molar-refractivity contribution in [2.45, 2.75) is 77.0 Å². The van der Waals surface area contributed by atoms with Crippen molar-refractivity contribution in [3.05, 3.63) is 0 Å². The van der Waals surface area contributed by atoms with Gasteiger partial charge in [-0.15, -0.1) is 0 Å². The molecule has 2 N–H and O–H groups in total. The van der Waals surface area contributed by atoms with E-state index in [-0.39, 0.29) is 11.9 Å². The van der Waals surface area contributed by atoms with Crippen LogP contribution in [0.2, 0.25) is 0 Å². The van der Waals surface area contributed by atoms with Gasteiger partial charge in [0.25, 0.3) is 0 Å². The van der Waals surface area contributed by atoms with Crippen LogP contribution in [0.3, 0.4) is 0 Å². The number of amides is 1. The van der Waals surface area contributed by atoms with Crippen molar-refractivity contribution in [2.24, 2.45) is 0 Å². The van der Waals surface area contributed by atoms with Crippen LogP contribution in [0.15, 0.2) is 0 Å². The van der Waals surface area contributed by atoms with Gasteiger partial charge in [0.2, 0.25) is 5.91 Å². The molecule has 4 unspecified atom stereocenters. The Balaban J connectivity index is 1.84. The van der Waals surface area contributed by atoms with E-state index in [1.54, 1.807) is 0 Å². The first-order valence-corrected chi connectivity index (χ1v) is 7.90. The van der Waals surface area contributed by atoms with Gasteiger partial charge in [0.15, 0.2) is 0 Å². The van der Waals surface area contributed by atoms with E-state index in [1.165, 1.54) is 19.3 Å². The second kappa shape index (κ2) is 6.71. The second-order valence-corrected chi connectivity index (χ2v) is 6.30. The maximum Gasteiger partial charge on any atom is 0.237 e. The van der Waals surface area contributed by atoms with Crippen LogP contribution in [0.4, 0.5) is 0 Å². The summed E-state index contributed by atoms with van der Waals surface area (Å²) in [4.78, 5) is 14.6. The number of hydrogen-bond donors (Lipinski definition) is 2. The lowest BCUT2D eigenvalue weighted by Crippen LogP contribution is -2.50. The summed E-state index contributed by atoms with van der Waals surface area (Å²) in [6.45, 7) is 8.37. The summed E-state index contributed by atoms with van der Waals surface area (Å²) in [5, 5.41) is 6.81. The van der Waals surface area contributed by atoms with Gasteiger partial charge in [0.1, 0.15) is 0 Å². The molecule has 4 atom stereocenters. The summed E-state index contributed by atoms with van der Waals surface area (Å²) < 4.78 is 0. The molecule has 0 aromatic heterocycles. The minimum Gasteiger partial charge on any atom is -0.352 e. The second-order valence-electron chi connectivity index (χ2n) is 6.30. The fourth-order valence-corrected chi connectivity index (χ4v) is 3.36. The molecular weight excluding hydrogens is 238 g/mol. The molecule has 2 heterocycles. The van der Waals surface area contributed by atoms with Crippen LogP contribution < -0.4 is 10.6 Å². The number of carbonyl (C=O) groups excluding carboxylic acids is 1. The van der Waals surface area contributed by atoms with Crippen molar-refractivity contribution in [1.82, 2.24) is 15.5 Å². The van der Waals surface area contributed by atoms with Gasteiger partial charge < -0.3 is 10.6 Å². The van der Waals surface area contributed by atoms with Gasteiger partial charge in [0, 0.05) is 31.2 Å². The van der Waals surface area contributed by atoms with E-state index in [1.807, 2.05) is 6.92 Å². The SMILES string of the molecule is CCCC(C)NC(=O)C(C)N1CCC2CCC(C1)N2. The van der Waals surface area contributed by atoms with Gasteiger partial charge in [-0.2, -0.15) is 0 Å². The van der Waals surface area contributed by atoms with Gasteiger partial charge in [-0.05, 0) is 39.5 Å². The molecule has 2 saturated heterocycles. The Morgan fingerprint density at radius 1 is 1.32 bits per heavy atom.